The lowest BCUT2D eigenvalue weighted by molar-refractivity contribution is 0.0706. The first-order valence-corrected chi connectivity index (χ1v) is 7.54. The number of aromatic amines is 1. The van der Waals surface area contributed by atoms with Crippen molar-refractivity contribution in [1.82, 2.24) is 30.0 Å². The van der Waals surface area contributed by atoms with Crippen LogP contribution in [0.15, 0.2) is 18.7 Å². The van der Waals surface area contributed by atoms with Gasteiger partial charge in [-0.1, -0.05) is 0 Å². The molecular formula is C14H20N8O. The second kappa shape index (κ2) is 6.59. The number of rotatable bonds is 4. The first kappa shape index (κ1) is 15.2. The van der Waals surface area contributed by atoms with Crippen LogP contribution in [0.1, 0.15) is 23.5 Å². The fourth-order valence-corrected chi connectivity index (χ4v) is 2.56. The van der Waals surface area contributed by atoms with Crippen LogP contribution in [-0.2, 0) is 0 Å². The number of amides is 1. The minimum atomic E-state index is -0.0992. The van der Waals surface area contributed by atoms with Crippen LogP contribution in [-0.4, -0.2) is 69.2 Å². The van der Waals surface area contributed by atoms with Gasteiger partial charge in [0.05, 0.1) is 0 Å². The molecule has 9 heteroatoms. The van der Waals surface area contributed by atoms with Crippen molar-refractivity contribution in [3.05, 3.63) is 24.5 Å². The first-order valence-electron chi connectivity index (χ1n) is 7.54. The first-order chi connectivity index (χ1) is 11.1. The molecular weight excluding hydrogens is 296 g/mol. The van der Waals surface area contributed by atoms with E-state index < -0.39 is 0 Å². The van der Waals surface area contributed by atoms with E-state index in [1.807, 2.05) is 25.1 Å². The maximum Gasteiger partial charge on any atom is 0.291 e. The summed E-state index contributed by atoms with van der Waals surface area (Å²) in [5, 5.41) is 9.75. The molecule has 1 aliphatic heterocycles. The molecule has 122 valence electrons. The Balaban J connectivity index is 1.55. The predicted molar refractivity (Wildman–Crippen MR) is 85.3 cm³/mol. The van der Waals surface area contributed by atoms with Crippen molar-refractivity contribution in [2.45, 2.75) is 18.9 Å². The lowest BCUT2D eigenvalue weighted by Gasteiger charge is -2.32. The molecule has 0 unspecified atom stereocenters. The van der Waals surface area contributed by atoms with Gasteiger partial charge in [-0.25, -0.2) is 15.0 Å². The number of carbonyl (C=O) groups excluding carboxylic acids is 1. The van der Waals surface area contributed by atoms with Gasteiger partial charge in [0.25, 0.3) is 5.91 Å². The summed E-state index contributed by atoms with van der Waals surface area (Å²) in [7, 11) is 3.89. The number of carbonyl (C=O) groups is 1. The molecule has 0 saturated carbocycles. The molecule has 2 N–H and O–H groups in total. The van der Waals surface area contributed by atoms with Crippen molar-refractivity contribution in [3.8, 4) is 0 Å². The van der Waals surface area contributed by atoms with Gasteiger partial charge >= 0.3 is 0 Å². The van der Waals surface area contributed by atoms with E-state index in [4.69, 9.17) is 0 Å². The number of aromatic nitrogens is 5. The molecule has 0 bridgehead atoms. The quantitative estimate of drug-likeness (QED) is 0.840. The summed E-state index contributed by atoms with van der Waals surface area (Å²) in [4.78, 5) is 28.3. The Labute approximate surface area is 134 Å². The topological polar surface area (TPSA) is 103 Å². The van der Waals surface area contributed by atoms with Crippen molar-refractivity contribution in [3.63, 3.8) is 0 Å². The number of likely N-dealkylation sites (tertiary alicyclic amines) is 1. The Bertz CT molecular complexity index is 649. The Morgan fingerprint density at radius 3 is 2.70 bits per heavy atom. The van der Waals surface area contributed by atoms with Crippen LogP contribution in [0, 0.1) is 0 Å². The van der Waals surface area contributed by atoms with Gasteiger partial charge in [-0.3, -0.25) is 9.89 Å². The molecule has 23 heavy (non-hydrogen) atoms. The van der Waals surface area contributed by atoms with E-state index >= 15 is 0 Å². The van der Waals surface area contributed by atoms with Crippen molar-refractivity contribution in [2.75, 3.05) is 37.4 Å². The van der Waals surface area contributed by atoms with E-state index in [1.165, 1.54) is 6.33 Å². The van der Waals surface area contributed by atoms with Crippen molar-refractivity contribution in [2.24, 2.45) is 0 Å². The van der Waals surface area contributed by atoms with E-state index in [1.54, 1.807) is 11.2 Å². The zero-order valence-electron chi connectivity index (χ0n) is 13.2. The van der Waals surface area contributed by atoms with Gasteiger partial charge in [-0.15, -0.1) is 0 Å². The van der Waals surface area contributed by atoms with Gasteiger partial charge in [-0.2, -0.15) is 5.10 Å². The molecule has 3 heterocycles. The molecule has 2 aromatic rings. The number of hydrogen-bond donors (Lipinski definition) is 2. The molecule has 3 rings (SSSR count). The highest BCUT2D eigenvalue weighted by molar-refractivity contribution is 5.90. The van der Waals surface area contributed by atoms with Crippen molar-refractivity contribution >= 4 is 17.5 Å². The summed E-state index contributed by atoms with van der Waals surface area (Å²) in [6, 6.07) is 2.21. The van der Waals surface area contributed by atoms with E-state index in [2.05, 4.69) is 30.5 Å². The number of H-pyrrole nitrogens is 1. The standard InChI is InChI=1S/C14H20N8O/c1-21(2)12-7-11(15-8-16-12)19-10-3-5-22(6-4-10)14(23)13-17-9-18-20-13/h7-10H,3-6H2,1-2H3,(H,15,16,19)(H,17,18,20). The van der Waals surface area contributed by atoms with Gasteiger partial charge in [0.1, 0.15) is 24.3 Å². The highest BCUT2D eigenvalue weighted by atomic mass is 16.2. The highest BCUT2D eigenvalue weighted by Gasteiger charge is 2.25. The minimum absolute atomic E-state index is 0.0992. The summed E-state index contributed by atoms with van der Waals surface area (Å²) in [5.41, 5.74) is 0. The molecule has 0 radical (unpaired) electrons. The van der Waals surface area contributed by atoms with Gasteiger partial charge in [0.2, 0.25) is 5.82 Å². The lowest BCUT2D eigenvalue weighted by atomic mass is 10.0. The van der Waals surface area contributed by atoms with Crippen LogP contribution in [0.5, 0.6) is 0 Å². The number of nitrogens with zero attached hydrogens (tertiary/aromatic N) is 6. The van der Waals surface area contributed by atoms with Gasteiger partial charge in [-0.05, 0) is 12.8 Å². The number of piperidine rings is 1. The third kappa shape index (κ3) is 3.55. The molecule has 0 atom stereocenters. The molecule has 0 aromatic carbocycles. The van der Waals surface area contributed by atoms with E-state index in [-0.39, 0.29) is 5.91 Å². The van der Waals surface area contributed by atoms with Crippen LogP contribution in [0.4, 0.5) is 11.6 Å². The number of hydrogen-bond acceptors (Lipinski definition) is 7. The van der Waals surface area contributed by atoms with Crippen LogP contribution < -0.4 is 10.2 Å². The number of anilines is 2. The van der Waals surface area contributed by atoms with Crippen LogP contribution in [0.25, 0.3) is 0 Å². The molecule has 9 nitrogen and oxygen atoms in total. The second-order valence-corrected chi connectivity index (χ2v) is 5.70. The van der Waals surface area contributed by atoms with Crippen LogP contribution in [0.2, 0.25) is 0 Å². The summed E-state index contributed by atoms with van der Waals surface area (Å²) in [6.07, 6.45) is 4.63. The van der Waals surface area contributed by atoms with E-state index in [0.29, 0.717) is 25.0 Å². The van der Waals surface area contributed by atoms with E-state index in [0.717, 1.165) is 24.5 Å². The highest BCUT2D eigenvalue weighted by Crippen LogP contribution is 2.18. The van der Waals surface area contributed by atoms with Crippen molar-refractivity contribution < 1.29 is 4.79 Å². The summed E-state index contributed by atoms with van der Waals surface area (Å²) in [6.45, 7) is 1.37. The monoisotopic (exact) mass is 316 g/mol. The fraction of sp³-hybridized carbons (Fsp3) is 0.500. The zero-order chi connectivity index (χ0) is 16.2. The average Bonchev–Trinajstić information content (AvgIpc) is 3.09. The summed E-state index contributed by atoms with van der Waals surface area (Å²) < 4.78 is 0. The van der Waals surface area contributed by atoms with Gasteiger partial charge in [0.15, 0.2) is 0 Å². The molecule has 1 saturated heterocycles. The number of nitrogens with one attached hydrogen (secondary N) is 2. The molecule has 1 amide bonds. The molecule has 1 fully saturated rings. The Kier molecular flexibility index (Phi) is 4.35. The average molecular weight is 316 g/mol. The summed E-state index contributed by atoms with van der Waals surface area (Å²) in [5.74, 6) is 1.87. The van der Waals surface area contributed by atoms with Crippen molar-refractivity contribution in [1.29, 1.82) is 0 Å². The fourth-order valence-electron chi connectivity index (χ4n) is 2.56. The minimum Gasteiger partial charge on any atom is -0.367 e. The molecule has 0 aliphatic carbocycles. The third-order valence-electron chi connectivity index (χ3n) is 3.86. The predicted octanol–water partition coefficient (Wildman–Crippen LogP) is 0.377. The maximum atomic E-state index is 12.2. The van der Waals surface area contributed by atoms with Crippen LogP contribution >= 0.6 is 0 Å². The third-order valence-corrected chi connectivity index (χ3v) is 3.86. The molecule has 0 spiro atoms. The lowest BCUT2D eigenvalue weighted by Crippen LogP contribution is -2.42. The summed E-state index contributed by atoms with van der Waals surface area (Å²) >= 11 is 0. The Morgan fingerprint density at radius 1 is 1.26 bits per heavy atom. The van der Waals surface area contributed by atoms with Gasteiger partial charge < -0.3 is 15.1 Å². The Hall–Kier alpha value is -2.71. The maximum absolute atomic E-state index is 12.2. The molecule has 2 aromatic heterocycles. The smallest absolute Gasteiger partial charge is 0.291 e. The SMILES string of the molecule is CN(C)c1cc(NC2CCN(C(=O)c3ncn[nH]3)CC2)ncn1. The zero-order valence-corrected chi connectivity index (χ0v) is 13.2. The van der Waals surface area contributed by atoms with Gasteiger partial charge in [0, 0.05) is 39.3 Å². The normalized spacial score (nSPS) is 15.5. The molecule has 1 aliphatic rings. The Morgan fingerprint density at radius 2 is 2.04 bits per heavy atom. The van der Waals surface area contributed by atoms with Crippen LogP contribution in [0.3, 0.4) is 0 Å². The largest absolute Gasteiger partial charge is 0.367 e. The second-order valence-electron chi connectivity index (χ2n) is 5.70. The van der Waals surface area contributed by atoms with E-state index in [9.17, 15) is 4.79 Å².